The second-order valence-electron chi connectivity index (χ2n) is 8.13. The van der Waals surface area contributed by atoms with E-state index in [0.717, 1.165) is 23.2 Å². The predicted octanol–water partition coefficient (Wildman–Crippen LogP) is 3.29. The van der Waals surface area contributed by atoms with Crippen LogP contribution in [-0.2, 0) is 6.54 Å². The molecule has 0 saturated heterocycles. The lowest BCUT2D eigenvalue weighted by atomic mass is 10.0. The number of nitrogens with zero attached hydrogens (tertiary/aromatic N) is 2. The highest BCUT2D eigenvalue weighted by atomic mass is 16.1. The first-order chi connectivity index (χ1) is 15.5. The Balaban J connectivity index is 1.83. The average Bonchev–Trinajstić information content (AvgIpc) is 2.78. The Kier molecular flexibility index (Phi) is 6.18. The normalized spacial score (nSPS) is 11.2. The SMILES string of the molecule is Cc1cccc2c(=O)c3c(NCc4ccncc4)ccc(C(=O)NCCN(C)C)c3[nH]c12. The number of fused-ring (bicyclic) bond motifs is 2. The maximum Gasteiger partial charge on any atom is 0.253 e. The summed E-state index contributed by atoms with van der Waals surface area (Å²) < 4.78 is 0. The van der Waals surface area contributed by atoms with Gasteiger partial charge in [0.2, 0.25) is 0 Å². The van der Waals surface area contributed by atoms with Crippen molar-refractivity contribution >= 4 is 33.4 Å². The minimum absolute atomic E-state index is 0.0994. The van der Waals surface area contributed by atoms with Crippen LogP contribution in [0.15, 0.2) is 59.7 Å². The van der Waals surface area contributed by atoms with Crippen LogP contribution in [0.1, 0.15) is 21.5 Å². The van der Waals surface area contributed by atoms with E-state index >= 15 is 0 Å². The van der Waals surface area contributed by atoms with Gasteiger partial charge in [-0.1, -0.05) is 12.1 Å². The zero-order valence-electron chi connectivity index (χ0n) is 18.5. The van der Waals surface area contributed by atoms with Gasteiger partial charge in [-0.15, -0.1) is 0 Å². The predicted molar refractivity (Wildman–Crippen MR) is 129 cm³/mol. The van der Waals surface area contributed by atoms with E-state index in [-0.39, 0.29) is 11.3 Å². The van der Waals surface area contributed by atoms with Crippen molar-refractivity contribution in [1.82, 2.24) is 20.2 Å². The van der Waals surface area contributed by atoms with Crippen LogP contribution in [0.25, 0.3) is 21.8 Å². The van der Waals surface area contributed by atoms with Gasteiger partial charge in [-0.05, 0) is 62.5 Å². The second-order valence-corrected chi connectivity index (χ2v) is 8.13. The number of amides is 1. The molecule has 2 aromatic carbocycles. The van der Waals surface area contributed by atoms with Crippen molar-refractivity contribution in [3.8, 4) is 0 Å². The number of aryl methyl sites for hydroxylation is 1. The van der Waals surface area contributed by atoms with Crippen LogP contribution in [0.5, 0.6) is 0 Å². The number of hydrogen-bond acceptors (Lipinski definition) is 5. The van der Waals surface area contributed by atoms with Crippen molar-refractivity contribution < 1.29 is 4.79 Å². The third-order valence-electron chi connectivity index (χ3n) is 5.52. The molecule has 0 aliphatic rings. The summed E-state index contributed by atoms with van der Waals surface area (Å²) in [6, 6.07) is 13.1. The van der Waals surface area contributed by atoms with Gasteiger partial charge in [0, 0.05) is 43.1 Å². The van der Waals surface area contributed by atoms with Crippen LogP contribution in [0.4, 0.5) is 5.69 Å². The number of carbonyl (C=O) groups excluding carboxylic acids is 1. The maximum atomic E-state index is 13.5. The Morgan fingerprint density at radius 3 is 2.59 bits per heavy atom. The Hall–Kier alpha value is -3.71. The molecule has 32 heavy (non-hydrogen) atoms. The van der Waals surface area contributed by atoms with Crippen LogP contribution in [-0.4, -0.2) is 48.0 Å². The molecule has 2 aromatic heterocycles. The summed E-state index contributed by atoms with van der Waals surface area (Å²) in [5.74, 6) is -0.207. The van der Waals surface area contributed by atoms with Gasteiger partial charge in [-0.25, -0.2) is 0 Å². The number of rotatable bonds is 7. The molecular weight excluding hydrogens is 402 g/mol. The number of benzene rings is 2. The van der Waals surface area contributed by atoms with Gasteiger partial charge in [0.1, 0.15) is 0 Å². The third-order valence-corrected chi connectivity index (χ3v) is 5.52. The zero-order valence-corrected chi connectivity index (χ0v) is 18.5. The number of aromatic amines is 1. The van der Waals surface area contributed by atoms with Crippen molar-refractivity contribution in [1.29, 1.82) is 0 Å². The number of hydrogen-bond donors (Lipinski definition) is 3. The zero-order chi connectivity index (χ0) is 22.7. The fraction of sp³-hybridized carbons (Fsp3) is 0.240. The highest BCUT2D eigenvalue weighted by molar-refractivity contribution is 6.11. The van der Waals surface area contributed by atoms with E-state index in [4.69, 9.17) is 0 Å². The van der Waals surface area contributed by atoms with Crippen LogP contribution >= 0.6 is 0 Å². The number of H-pyrrole nitrogens is 1. The molecule has 2 heterocycles. The maximum absolute atomic E-state index is 13.5. The number of carbonyl (C=O) groups is 1. The van der Waals surface area contributed by atoms with Crippen LogP contribution in [0.3, 0.4) is 0 Å². The summed E-state index contributed by atoms with van der Waals surface area (Å²) in [6.07, 6.45) is 3.47. The van der Waals surface area contributed by atoms with E-state index < -0.39 is 0 Å². The minimum Gasteiger partial charge on any atom is -0.380 e. The van der Waals surface area contributed by atoms with E-state index in [1.165, 1.54) is 0 Å². The van der Waals surface area contributed by atoms with Crippen LogP contribution in [0.2, 0.25) is 0 Å². The highest BCUT2D eigenvalue weighted by Gasteiger charge is 2.18. The molecule has 7 heteroatoms. The molecule has 0 bridgehead atoms. The fourth-order valence-corrected chi connectivity index (χ4v) is 3.77. The number of aromatic nitrogens is 2. The van der Waals surface area contributed by atoms with Gasteiger partial charge in [-0.3, -0.25) is 14.6 Å². The van der Waals surface area contributed by atoms with Gasteiger partial charge in [0.25, 0.3) is 5.91 Å². The van der Waals surface area contributed by atoms with Gasteiger partial charge in [0.05, 0.1) is 22.0 Å². The summed E-state index contributed by atoms with van der Waals surface area (Å²) >= 11 is 0. The van der Waals surface area contributed by atoms with Gasteiger partial charge in [0.15, 0.2) is 5.43 Å². The molecule has 4 aromatic rings. The van der Waals surface area contributed by atoms with Crippen LogP contribution < -0.4 is 16.1 Å². The Bertz CT molecular complexity index is 1330. The minimum atomic E-state index is -0.207. The van der Waals surface area contributed by atoms with Gasteiger partial charge >= 0.3 is 0 Å². The topological polar surface area (TPSA) is 90.1 Å². The molecule has 0 radical (unpaired) electrons. The molecule has 0 fully saturated rings. The van der Waals surface area contributed by atoms with Gasteiger partial charge in [-0.2, -0.15) is 0 Å². The summed E-state index contributed by atoms with van der Waals surface area (Å²) in [7, 11) is 3.91. The number of pyridine rings is 2. The molecule has 0 aliphatic heterocycles. The fourth-order valence-electron chi connectivity index (χ4n) is 3.77. The van der Waals surface area contributed by atoms with Gasteiger partial charge < -0.3 is 20.5 Å². The van der Waals surface area contributed by atoms with Crippen molar-refractivity contribution in [2.24, 2.45) is 0 Å². The molecule has 164 valence electrons. The van der Waals surface area contributed by atoms with E-state index in [0.29, 0.717) is 40.6 Å². The van der Waals surface area contributed by atoms with E-state index in [1.807, 2.05) is 56.3 Å². The standard InChI is InChI=1S/C25H27N5O2/c1-16-5-4-6-18-22(16)29-23-19(25(32)27-13-14-30(2)3)7-8-20(21(23)24(18)31)28-15-17-9-11-26-12-10-17/h4-12,28H,13-15H2,1-3H3,(H,27,32)(H,29,31). The van der Waals surface area contributed by atoms with Crippen molar-refractivity contribution in [3.63, 3.8) is 0 Å². The smallest absolute Gasteiger partial charge is 0.253 e. The second kappa shape index (κ2) is 9.20. The number of para-hydroxylation sites is 1. The van der Waals surface area contributed by atoms with E-state index in [9.17, 15) is 9.59 Å². The van der Waals surface area contributed by atoms with Crippen molar-refractivity contribution in [2.45, 2.75) is 13.5 Å². The number of nitrogens with one attached hydrogen (secondary N) is 3. The van der Waals surface area contributed by atoms with Crippen LogP contribution in [0, 0.1) is 6.92 Å². The summed E-state index contributed by atoms with van der Waals surface area (Å²) in [4.78, 5) is 36.0. The molecule has 4 rings (SSSR count). The first-order valence-electron chi connectivity index (χ1n) is 10.6. The Labute approximate surface area is 186 Å². The van der Waals surface area contributed by atoms with E-state index in [2.05, 4.69) is 20.6 Å². The monoisotopic (exact) mass is 429 g/mol. The summed E-state index contributed by atoms with van der Waals surface area (Å²) in [5.41, 5.74) is 4.33. The quantitative estimate of drug-likeness (QED) is 0.392. The molecule has 0 aliphatic carbocycles. The molecular formula is C25H27N5O2. The lowest BCUT2D eigenvalue weighted by molar-refractivity contribution is 0.0952. The van der Waals surface area contributed by atoms with Crippen molar-refractivity contribution in [2.75, 3.05) is 32.5 Å². The first-order valence-corrected chi connectivity index (χ1v) is 10.6. The van der Waals surface area contributed by atoms with E-state index in [1.54, 1.807) is 24.5 Å². The molecule has 0 spiro atoms. The molecule has 1 amide bonds. The number of anilines is 1. The summed E-state index contributed by atoms with van der Waals surface area (Å²) in [5, 5.41) is 7.40. The highest BCUT2D eigenvalue weighted by Crippen LogP contribution is 2.27. The summed E-state index contributed by atoms with van der Waals surface area (Å²) in [6.45, 7) is 3.74. The third kappa shape index (κ3) is 4.33. The van der Waals surface area contributed by atoms with Crippen molar-refractivity contribution in [3.05, 3.63) is 81.8 Å². The lowest BCUT2D eigenvalue weighted by Gasteiger charge is -2.15. The average molecular weight is 430 g/mol. The molecule has 0 atom stereocenters. The largest absolute Gasteiger partial charge is 0.380 e. The molecule has 3 N–H and O–H groups in total. The Morgan fingerprint density at radius 2 is 1.84 bits per heavy atom. The number of likely N-dealkylation sites (N-methyl/N-ethyl adjacent to an activating group) is 1. The molecule has 0 unspecified atom stereocenters. The first kappa shape index (κ1) is 21.5. The lowest BCUT2D eigenvalue weighted by Crippen LogP contribution is -2.31. The molecule has 0 saturated carbocycles. The molecule has 7 nitrogen and oxygen atoms in total. The Morgan fingerprint density at radius 1 is 1.06 bits per heavy atom.